The van der Waals surface area contributed by atoms with Gasteiger partial charge in [-0.1, -0.05) is 18.2 Å². The standard InChI is InChI=1S/C8H9N3S/c12-10-7-6-9-11(10)8-4-2-1-3-5-8/h1-7,9,12H. The van der Waals surface area contributed by atoms with Crippen molar-refractivity contribution in [2.75, 3.05) is 5.12 Å². The van der Waals surface area contributed by atoms with Crippen molar-refractivity contribution in [3.8, 4) is 0 Å². The summed E-state index contributed by atoms with van der Waals surface area (Å²) < 4.78 is 1.68. The summed E-state index contributed by atoms with van der Waals surface area (Å²) in [4.78, 5) is 0. The Morgan fingerprint density at radius 1 is 1.17 bits per heavy atom. The average Bonchev–Trinajstić information content (AvgIpc) is 2.53. The number of anilines is 1. The van der Waals surface area contributed by atoms with Crippen LogP contribution in [0.3, 0.4) is 0 Å². The third-order valence-corrected chi connectivity index (χ3v) is 1.92. The van der Waals surface area contributed by atoms with Crippen molar-refractivity contribution >= 4 is 18.5 Å². The smallest absolute Gasteiger partial charge is 0.0823 e. The molecule has 3 nitrogen and oxygen atoms in total. The lowest BCUT2D eigenvalue weighted by Gasteiger charge is -2.24. The second kappa shape index (κ2) is 2.98. The summed E-state index contributed by atoms with van der Waals surface area (Å²) in [6, 6.07) is 9.95. The van der Waals surface area contributed by atoms with Crippen LogP contribution >= 0.6 is 12.8 Å². The van der Waals surface area contributed by atoms with Crippen LogP contribution in [-0.4, -0.2) is 4.41 Å². The monoisotopic (exact) mass is 179 g/mol. The lowest BCUT2D eigenvalue weighted by Crippen LogP contribution is -2.36. The molecule has 1 heterocycles. The number of rotatable bonds is 1. The molecule has 12 heavy (non-hydrogen) atoms. The van der Waals surface area contributed by atoms with Gasteiger partial charge in [-0.15, -0.1) is 0 Å². The van der Waals surface area contributed by atoms with E-state index < -0.39 is 0 Å². The Hall–Kier alpha value is -1.29. The maximum absolute atomic E-state index is 4.21. The molecule has 0 saturated carbocycles. The summed E-state index contributed by atoms with van der Waals surface area (Å²) in [7, 11) is 0. The minimum atomic E-state index is 1.05. The van der Waals surface area contributed by atoms with Crippen molar-refractivity contribution in [1.29, 1.82) is 0 Å². The molecule has 0 aliphatic carbocycles. The van der Waals surface area contributed by atoms with Gasteiger partial charge in [-0.3, -0.25) is 5.43 Å². The Bertz CT molecular complexity index is 286. The first-order valence-corrected chi connectivity index (χ1v) is 4.04. The summed E-state index contributed by atoms with van der Waals surface area (Å²) in [5, 5.41) is 1.82. The van der Waals surface area contributed by atoms with E-state index >= 15 is 0 Å². The molecular weight excluding hydrogens is 170 g/mol. The SMILES string of the molecule is SN1C=CNN1c1ccccc1. The summed E-state index contributed by atoms with van der Waals surface area (Å²) in [5.74, 6) is 0. The van der Waals surface area contributed by atoms with Crippen molar-refractivity contribution in [2.45, 2.75) is 0 Å². The highest BCUT2D eigenvalue weighted by molar-refractivity contribution is 7.77. The molecule has 62 valence electrons. The summed E-state index contributed by atoms with van der Waals surface area (Å²) in [6.07, 6.45) is 3.65. The topological polar surface area (TPSA) is 18.5 Å². The Kier molecular flexibility index (Phi) is 1.83. The molecule has 0 amide bonds. The van der Waals surface area contributed by atoms with E-state index in [4.69, 9.17) is 0 Å². The van der Waals surface area contributed by atoms with Crippen molar-refractivity contribution in [3.63, 3.8) is 0 Å². The Morgan fingerprint density at radius 2 is 1.92 bits per heavy atom. The number of hydrazine groups is 2. The van der Waals surface area contributed by atoms with Gasteiger partial charge in [-0.05, 0) is 24.9 Å². The Balaban J connectivity index is 2.22. The summed E-state index contributed by atoms with van der Waals surface area (Å²) in [6.45, 7) is 0. The fraction of sp³-hybridized carbons (Fsp3) is 0. The molecule has 1 aromatic rings. The zero-order chi connectivity index (χ0) is 8.39. The fourth-order valence-corrected chi connectivity index (χ4v) is 1.28. The first-order chi connectivity index (χ1) is 5.88. The van der Waals surface area contributed by atoms with Crippen LogP contribution in [0.2, 0.25) is 0 Å². The van der Waals surface area contributed by atoms with Crippen LogP contribution in [0.15, 0.2) is 42.7 Å². The molecule has 0 spiro atoms. The third kappa shape index (κ3) is 1.21. The van der Waals surface area contributed by atoms with Crippen LogP contribution in [0.4, 0.5) is 5.69 Å². The van der Waals surface area contributed by atoms with Crippen LogP contribution < -0.4 is 10.5 Å². The molecule has 1 aliphatic rings. The van der Waals surface area contributed by atoms with Gasteiger partial charge in [0.1, 0.15) is 0 Å². The predicted octanol–water partition coefficient (Wildman–Crippen LogP) is 1.54. The number of nitrogens with zero attached hydrogens (tertiary/aromatic N) is 2. The Morgan fingerprint density at radius 3 is 2.50 bits per heavy atom. The van der Waals surface area contributed by atoms with E-state index in [1.165, 1.54) is 0 Å². The molecule has 0 atom stereocenters. The lowest BCUT2D eigenvalue weighted by atomic mass is 10.3. The maximum Gasteiger partial charge on any atom is 0.0823 e. The molecule has 0 aromatic heterocycles. The van der Waals surface area contributed by atoms with E-state index in [9.17, 15) is 0 Å². The zero-order valence-corrected chi connectivity index (χ0v) is 7.28. The molecule has 2 rings (SSSR count). The van der Waals surface area contributed by atoms with Gasteiger partial charge in [0.05, 0.1) is 11.9 Å². The van der Waals surface area contributed by atoms with Gasteiger partial charge in [-0.25, -0.2) is 4.41 Å². The minimum absolute atomic E-state index is 1.05. The molecule has 0 radical (unpaired) electrons. The maximum atomic E-state index is 4.21. The van der Waals surface area contributed by atoms with E-state index in [1.807, 2.05) is 47.8 Å². The van der Waals surface area contributed by atoms with Crippen molar-refractivity contribution in [3.05, 3.63) is 42.7 Å². The first kappa shape index (κ1) is 7.36. The largest absolute Gasteiger partial charge is 0.284 e. The van der Waals surface area contributed by atoms with Gasteiger partial charge >= 0.3 is 0 Å². The third-order valence-electron chi connectivity index (χ3n) is 1.61. The normalized spacial score (nSPS) is 15.1. The molecule has 1 aromatic carbocycles. The summed E-state index contributed by atoms with van der Waals surface area (Å²) >= 11 is 4.21. The van der Waals surface area contributed by atoms with Crippen LogP contribution in [0.1, 0.15) is 0 Å². The van der Waals surface area contributed by atoms with Crippen LogP contribution in [0.25, 0.3) is 0 Å². The zero-order valence-electron chi connectivity index (χ0n) is 6.38. The second-order valence-electron chi connectivity index (χ2n) is 2.41. The summed E-state index contributed by atoms with van der Waals surface area (Å²) in [5.41, 5.74) is 4.08. The van der Waals surface area contributed by atoms with Gasteiger partial charge in [0.25, 0.3) is 0 Å². The molecule has 1 N–H and O–H groups in total. The van der Waals surface area contributed by atoms with Crippen molar-refractivity contribution in [2.24, 2.45) is 0 Å². The van der Waals surface area contributed by atoms with Gasteiger partial charge in [0, 0.05) is 6.20 Å². The predicted molar refractivity (Wildman–Crippen MR) is 52.0 cm³/mol. The molecule has 0 fully saturated rings. The number of para-hydroxylation sites is 1. The van der Waals surface area contributed by atoms with Gasteiger partial charge < -0.3 is 0 Å². The highest BCUT2D eigenvalue weighted by Gasteiger charge is 2.11. The van der Waals surface area contributed by atoms with E-state index in [0.717, 1.165) is 5.69 Å². The molecule has 1 aliphatic heterocycles. The van der Waals surface area contributed by atoms with E-state index in [2.05, 4.69) is 18.2 Å². The van der Waals surface area contributed by atoms with Crippen LogP contribution in [0, 0.1) is 0 Å². The van der Waals surface area contributed by atoms with Gasteiger partial charge in [-0.2, -0.15) is 5.12 Å². The molecular formula is C8H9N3S. The fourth-order valence-electron chi connectivity index (χ4n) is 1.06. The van der Waals surface area contributed by atoms with Crippen molar-refractivity contribution < 1.29 is 0 Å². The number of hydrogen-bond acceptors (Lipinski definition) is 4. The van der Waals surface area contributed by atoms with Crippen molar-refractivity contribution in [1.82, 2.24) is 9.84 Å². The highest BCUT2D eigenvalue weighted by atomic mass is 32.1. The molecule has 0 bridgehead atoms. The molecule has 0 saturated heterocycles. The van der Waals surface area contributed by atoms with Crippen LogP contribution in [0.5, 0.6) is 0 Å². The highest BCUT2D eigenvalue weighted by Crippen LogP contribution is 2.17. The van der Waals surface area contributed by atoms with E-state index in [-0.39, 0.29) is 0 Å². The average molecular weight is 179 g/mol. The van der Waals surface area contributed by atoms with Crippen LogP contribution in [-0.2, 0) is 0 Å². The van der Waals surface area contributed by atoms with E-state index in [1.54, 1.807) is 4.41 Å². The van der Waals surface area contributed by atoms with E-state index in [0.29, 0.717) is 0 Å². The number of nitrogens with one attached hydrogen (secondary N) is 1. The molecule has 4 heteroatoms. The number of hydrogen-bond donors (Lipinski definition) is 2. The van der Waals surface area contributed by atoms with Gasteiger partial charge in [0.15, 0.2) is 0 Å². The Labute approximate surface area is 76.8 Å². The number of benzene rings is 1. The first-order valence-electron chi connectivity index (χ1n) is 3.64. The lowest BCUT2D eigenvalue weighted by molar-refractivity contribution is 0.561. The minimum Gasteiger partial charge on any atom is -0.284 e. The number of thiol groups is 1. The molecule has 0 unspecified atom stereocenters. The van der Waals surface area contributed by atoms with Gasteiger partial charge in [0.2, 0.25) is 0 Å². The quantitative estimate of drug-likeness (QED) is 0.638. The second-order valence-corrected chi connectivity index (χ2v) is 2.82.